The SMILES string of the molecule is C=CCc1ccccc1OCc1cc(/C=C/C(=O)c2cccc(-n3cccc3)c2)ccc1OC. The van der Waals surface area contributed by atoms with Crippen LogP contribution in [0.15, 0.2) is 110 Å². The van der Waals surface area contributed by atoms with E-state index in [0.29, 0.717) is 12.2 Å². The fourth-order valence-electron chi connectivity index (χ4n) is 3.73. The first-order chi connectivity index (χ1) is 16.7. The highest BCUT2D eigenvalue weighted by molar-refractivity contribution is 6.07. The van der Waals surface area contributed by atoms with Crippen LogP contribution in [0.25, 0.3) is 11.8 Å². The first-order valence-electron chi connectivity index (χ1n) is 11.1. The normalized spacial score (nSPS) is 10.9. The number of ether oxygens (including phenoxy) is 2. The number of carbonyl (C=O) groups is 1. The molecule has 0 N–H and O–H groups in total. The molecule has 0 atom stereocenters. The molecule has 1 aromatic heterocycles. The molecule has 4 nitrogen and oxygen atoms in total. The minimum absolute atomic E-state index is 0.0547. The van der Waals surface area contributed by atoms with Gasteiger partial charge in [0.25, 0.3) is 0 Å². The molecule has 0 saturated heterocycles. The van der Waals surface area contributed by atoms with Crippen LogP contribution >= 0.6 is 0 Å². The van der Waals surface area contributed by atoms with E-state index in [2.05, 4.69) is 6.58 Å². The minimum Gasteiger partial charge on any atom is -0.496 e. The van der Waals surface area contributed by atoms with Crippen LogP contribution < -0.4 is 9.47 Å². The van der Waals surface area contributed by atoms with E-state index in [1.807, 2.05) is 108 Å². The molecule has 0 amide bonds. The lowest BCUT2D eigenvalue weighted by atomic mass is 10.1. The second-order valence-electron chi connectivity index (χ2n) is 7.80. The van der Waals surface area contributed by atoms with Crippen molar-refractivity contribution >= 4 is 11.9 Å². The molecule has 0 aliphatic carbocycles. The molecule has 4 heteroatoms. The van der Waals surface area contributed by atoms with Crippen molar-refractivity contribution in [1.82, 2.24) is 4.57 Å². The second-order valence-corrected chi connectivity index (χ2v) is 7.80. The zero-order valence-corrected chi connectivity index (χ0v) is 19.2. The quantitative estimate of drug-likeness (QED) is 0.154. The number of hydrogen-bond donors (Lipinski definition) is 0. The molecule has 0 aliphatic heterocycles. The maximum atomic E-state index is 12.8. The van der Waals surface area contributed by atoms with E-state index in [-0.39, 0.29) is 5.78 Å². The summed E-state index contributed by atoms with van der Waals surface area (Å²) in [5, 5.41) is 0. The Labute approximate surface area is 200 Å². The Morgan fingerprint density at radius 2 is 1.74 bits per heavy atom. The van der Waals surface area contributed by atoms with Crippen molar-refractivity contribution in [2.45, 2.75) is 13.0 Å². The van der Waals surface area contributed by atoms with Gasteiger partial charge in [0.05, 0.1) is 7.11 Å². The number of ketones is 1. The number of hydrogen-bond acceptors (Lipinski definition) is 3. The first-order valence-corrected chi connectivity index (χ1v) is 11.1. The number of methoxy groups -OCH3 is 1. The van der Waals surface area contributed by atoms with Crippen molar-refractivity contribution in [1.29, 1.82) is 0 Å². The summed E-state index contributed by atoms with van der Waals surface area (Å²) in [6.07, 6.45) is 9.93. The van der Waals surface area contributed by atoms with Crippen LogP contribution in [0.3, 0.4) is 0 Å². The van der Waals surface area contributed by atoms with Gasteiger partial charge in [0.15, 0.2) is 5.78 Å². The summed E-state index contributed by atoms with van der Waals surface area (Å²) in [6.45, 7) is 4.17. The van der Waals surface area contributed by atoms with Crippen LogP contribution in [-0.2, 0) is 13.0 Å². The van der Waals surface area contributed by atoms with E-state index in [9.17, 15) is 4.79 Å². The first kappa shape index (κ1) is 22.9. The number of rotatable bonds is 10. The lowest BCUT2D eigenvalue weighted by Gasteiger charge is -2.13. The van der Waals surface area contributed by atoms with E-state index in [4.69, 9.17) is 9.47 Å². The topological polar surface area (TPSA) is 40.5 Å². The Bertz CT molecular complexity index is 1300. The molecule has 4 rings (SSSR count). The molecule has 0 aliphatic rings. The Kier molecular flexibility index (Phi) is 7.41. The van der Waals surface area contributed by atoms with Crippen LogP contribution in [0, 0.1) is 0 Å². The van der Waals surface area contributed by atoms with E-state index in [0.717, 1.165) is 40.3 Å². The van der Waals surface area contributed by atoms with Gasteiger partial charge >= 0.3 is 0 Å². The van der Waals surface area contributed by atoms with Gasteiger partial charge in [0.1, 0.15) is 18.1 Å². The second kappa shape index (κ2) is 11.0. The van der Waals surface area contributed by atoms with Gasteiger partial charge in [-0.15, -0.1) is 6.58 Å². The summed E-state index contributed by atoms with van der Waals surface area (Å²) in [6, 6.07) is 25.2. The van der Waals surface area contributed by atoms with E-state index >= 15 is 0 Å². The number of nitrogens with zero attached hydrogens (tertiary/aromatic N) is 1. The lowest BCUT2D eigenvalue weighted by molar-refractivity contribution is 0.104. The van der Waals surface area contributed by atoms with Crippen LogP contribution in [0.1, 0.15) is 27.0 Å². The summed E-state index contributed by atoms with van der Waals surface area (Å²) in [5.41, 5.74) is 4.47. The Morgan fingerprint density at radius 1 is 0.912 bits per heavy atom. The van der Waals surface area contributed by atoms with E-state index in [1.54, 1.807) is 13.2 Å². The highest BCUT2D eigenvalue weighted by Gasteiger charge is 2.08. The lowest BCUT2D eigenvalue weighted by Crippen LogP contribution is -2.01. The fourth-order valence-corrected chi connectivity index (χ4v) is 3.73. The number of aromatic nitrogens is 1. The number of benzene rings is 3. The number of carbonyl (C=O) groups excluding carboxylic acids is 1. The molecule has 4 aromatic rings. The zero-order valence-electron chi connectivity index (χ0n) is 19.2. The van der Waals surface area contributed by atoms with Crippen molar-refractivity contribution in [3.63, 3.8) is 0 Å². The van der Waals surface area contributed by atoms with Gasteiger partial charge in [0.2, 0.25) is 0 Å². The Hall–Kier alpha value is -4.31. The molecule has 0 saturated carbocycles. The Balaban J connectivity index is 1.50. The molecule has 0 spiro atoms. The van der Waals surface area contributed by atoms with Crippen molar-refractivity contribution in [2.24, 2.45) is 0 Å². The summed E-state index contributed by atoms with van der Waals surface area (Å²) in [5.74, 6) is 1.51. The molecule has 0 bridgehead atoms. The van der Waals surface area contributed by atoms with Crippen LogP contribution in [0.2, 0.25) is 0 Å². The number of allylic oxidation sites excluding steroid dienone is 2. The van der Waals surface area contributed by atoms with E-state index < -0.39 is 0 Å². The van der Waals surface area contributed by atoms with Crippen LogP contribution in [0.4, 0.5) is 0 Å². The van der Waals surface area contributed by atoms with Gasteiger partial charge < -0.3 is 14.0 Å². The average Bonchev–Trinajstić information content (AvgIpc) is 3.42. The maximum absolute atomic E-state index is 12.8. The largest absolute Gasteiger partial charge is 0.496 e. The molecule has 1 heterocycles. The monoisotopic (exact) mass is 449 g/mol. The fraction of sp³-hybridized carbons (Fsp3) is 0.100. The average molecular weight is 450 g/mol. The van der Waals surface area contributed by atoms with Crippen molar-refractivity contribution < 1.29 is 14.3 Å². The molecule has 3 aromatic carbocycles. The van der Waals surface area contributed by atoms with Gasteiger partial charge in [-0.2, -0.15) is 0 Å². The summed E-state index contributed by atoms with van der Waals surface area (Å²) in [7, 11) is 1.64. The molecule has 0 unspecified atom stereocenters. The predicted octanol–water partition coefficient (Wildman–Crippen LogP) is 6.69. The molecule has 0 fully saturated rings. The van der Waals surface area contributed by atoms with Gasteiger partial charge in [-0.3, -0.25) is 4.79 Å². The third kappa shape index (κ3) is 5.54. The van der Waals surface area contributed by atoms with Crippen LogP contribution in [-0.4, -0.2) is 17.5 Å². The van der Waals surface area contributed by atoms with Gasteiger partial charge in [-0.05, 0) is 66.1 Å². The summed E-state index contributed by atoms with van der Waals surface area (Å²) >= 11 is 0. The van der Waals surface area contributed by atoms with Crippen molar-refractivity contribution in [2.75, 3.05) is 7.11 Å². The third-order valence-corrected chi connectivity index (χ3v) is 5.48. The molecule has 0 radical (unpaired) electrons. The van der Waals surface area contributed by atoms with Crippen LogP contribution in [0.5, 0.6) is 11.5 Å². The Morgan fingerprint density at radius 3 is 2.53 bits per heavy atom. The maximum Gasteiger partial charge on any atom is 0.185 e. The number of para-hydroxylation sites is 1. The summed E-state index contributed by atoms with van der Waals surface area (Å²) in [4.78, 5) is 12.8. The third-order valence-electron chi connectivity index (χ3n) is 5.48. The minimum atomic E-state index is -0.0547. The predicted molar refractivity (Wildman–Crippen MR) is 137 cm³/mol. The standard InChI is InChI=1S/C30H27NO3/c1-3-9-24-10-4-5-13-30(24)34-22-26-20-23(15-17-29(26)33-2)14-16-28(32)25-11-8-12-27(21-25)31-18-6-7-19-31/h3-8,10-21H,1,9,22H2,2H3/b16-14+. The molecule has 170 valence electrons. The highest BCUT2D eigenvalue weighted by atomic mass is 16.5. The van der Waals surface area contributed by atoms with Gasteiger partial charge in [-0.1, -0.05) is 48.6 Å². The molecular weight excluding hydrogens is 422 g/mol. The molecule has 34 heavy (non-hydrogen) atoms. The highest BCUT2D eigenvalue weighted by Crippen LogP contribution is 2.25. The van der Waals surface area contributed by atoms with E-state index in [1.165, 1.54) is 0 Å². The van der Waals surface area contributed by atoms with Gasteiger partial charge in [-0.25, -0.2) is 0 Å². The van der Waals surface area contributed by atoms with Crippen molar-refractivity contribution in [3.8, 4) is 17.2 Å². The zero-order chi connectivity index (χ0) is 23.8. The van der Waals surface area contributed by atoms with Gasteiger partial charge in [0, 0.05) is 29.2 Å². The summed E-state index contributed by atoms with van der Waals surface area (Å²) < 4.78 is 13.6. The van der Waals surface area contributed by atoms with Crippen molar-refractivity contribution in [3.05, 3.63) is 132 Å². The smallest absolute Gasteiger partial charge is 0.185 e. The molecular formula is C30H27NO3.